The number of hydrogen-bond donors (Lipinski definition) is 1. The largest absolute Gasteiger partial charge is 0.0623 e. The molecule has 19 heavy (non-hydrogen) atoms. The van der Waals surface area contributed by atoms with Crippen molar-refractivity contribution < 1.29 is 54.6 Å². The van der Waals surface area contributed by atoms with Crippen LogP contribution in [0.25, 0.3) is 11.0 Å². The van der Waals surface area contributed by atoms with Crippen LogP contribution in [-0.4, -0.2) is 9.97 Å². The van der Waals surface area contributed by atoms with E-state index in [0.29, 0.717) is 0 Å². The predicted molar refractivity (Wildman–Crippen MR) is 62.2 cm³/mol. The van der Waals surface area contributed by atoms with Gasteiger partial charge in [-0.15, -0.1) is 0 Å². The summed E-state index contributed by atoms with van der Waals surface area (Å²) < 4.78 is 0.911. The fourth-order valence-corrected chi connectivity index (χ4v) is 1.68. The number of nitrogens with one attached hydrogen (secondary N) is 1. The molecule has 1 heterocycles. The van der Waals surface area contributed by atoms with Gasteiger partial charge in [0.1, 0.15) is 0 Å². The van der Waals surface area contributed by atoms with E-state index >= 15 is 0 Å². The van der Waals surface area contributed by atoms with Gasteiger partial charge in [-0.25, -0.2) is 0 Å². The Bertz CT molecular complexity index is 498. The van der Waals surface area contributed by atoms with E-state index in [9.17, 15) is 0 Å². The van der Waals surface area contributed by atoms with Crippen molar-refractivity contribution in [2.45, 2.75) is 0 Å². The zero-order valence-electron chi connectivity index (χ0n) is 9.80. The molecule has 3 rings (SSSR count). The van der Waals surface area contributed by atoms with Crippen LogP contribution in [0.1, 0.15) is 0 Å². The van der Waals surface area contributed by atoms with Gasteiger partial charge in [-0.2, -0.15) is 0 Å². The van der Waals surface area contributed by atoms with Gasteiger partial charge in [0.2, 0.25) is 0 Å². The molecule has 0 aliphatic rings. The van der Waals surface area contributed by atoms with Crippen molar-refractivity contribution in [3.8, 4) is 0 Å². The normalized spacial score (nSPS) is 8.11. The molecule has 0 bridgehead atoms. The van der Waals surface area contributed by atoms with E-state index in [4.69, 9.17) is 0 Å². The maximum atomic E-state index is 4.23. The number of benzene rings is 2. The van der Waals surface area contributed by atoms with Crippen LogP contribution in [0.3, 0.4) is 0 Å². The number of nitrogens with zero attached hydrogens (tertiary/aromatic N) is 1. The zero-order chi connectivity index (χ0) is 11.2. The third kappa shape index (κ3) is 6.91. The average Bonchev–Trinajstić information content (AvgIpc) is 2.72. The molecule has 0 spiro atoms. The van der Waals surface area contributed by atoms with Crippen molar-refractivity contribution in [3.05, 3.63) is 60.7 Å². The fraction of sp³-hybridized carbons (Fsp3) is 0. The summed E-state index contributed by atoms with van der Waals surface area (Å²) in [6.07, 6.45) is 0. The van der Waals surface area contributed by atoms with E-state index in [1.165, 1.54) is 0 Å². The molecule has 0 unspecified atom stereocenters. The molecule has 0 radical (unpaired) electrons. The number of para-hydroxylation sites is 2. The van der Waals surface area contributed by atoms with E-state index < -0.39 is 0 Å². The first-order valence-electron chi connectivity index (χ1n) is 5.00. The summed E-state index contributed by atoms with van der Waals surface area (Å²) in [6, 6.07) is 20.0. The van der Waals surface area contributed by atoms with E-state index in [0.717, 1.165) is 15.6 Å². The Kier molecular flexibility index (Phi) is 12.2. The Labute approximate surface area is 140 Å². The molecule has 6 heteroatoms. The predicted octanol–water partition coefficient (Wildman–Crippen LogP) is -6.57. The summed E-state index contributed by atoms with van der Waals surface area (Å²) in [7, 11) is 0. The van der Waals surface area contributed by atoms with E-state index in [1.807, 2.05) is 60.7 Å². The molecule has 0 aliphatic carbocycles. The van der Waals surface area contributed by atoms with Gasteiger partial charge < -0.3 is 37.2 Å². The van der Waals surface area contributed by atoms with Gasteiger partial charge >= 0.3 is 67.2 Å². The first kappa shape index (κ1) is 20.7. The van der Waals surface area contributed by atoms with Gasteiger partial charge in [-0.1, -0.05) is 36.4 Å². The number of halogens is 3. The summed E-state index contributed by atoms with van der Waals surface area (Å²) in [4.78, 5) is 7.35. The molecule has 2 nitrogen and oxygen atoms in total. The first-order chi connectivity index (χ1) is 7.86. The van der Waals surface area contributed by atoms with Gasteiger partial charge in [0.15, 0.2) is 0 Å². The number of hydrogen-bond acceptors (Lipinski definition) is 1. The quantitative estimate of drug-likeness (QED) is 0.428. The van der Waals surface area contributed by atoms with Crippen LogP contribution in [0.5, 0.6) is 0 Å². The molecular weight excluding hydrogens is 341 g/mol. The van der Waals surface area contributed by atoms with Crippen LogP contribution in [0.15, 0.2) is 60.7 Å². The third-order valence-corrected chi connectivity index (χ3v) is 2.37. The molecule has 99 valence electrons. The Morgan fingerprint density at radius 2 is 1.21 bits per heavy atom. The first-order valence-corrected chi connectivity index (χ1v) is 5.70. The molecule has 0 saturated heterocycles. The van der Waals surface area contributed by atoms with Crippen molar-refractivity contribution >= 4 is 15.6 Å². The van der Waals surface area contributed by atoms with E-state index in [1.54, 1.807) is 0 Å². The van der Waals surface area contributed by atoms with Crippen molar-refractivity contribution in [1.82, 2.24) is 9.97 Å². The molecule has 3 aromatic rings. The summed E-state index contributed by atoms with van der Waals surface area (Å²) in [5.74, 6) is 0. The Morgan fingerprint density at radius 3 is 1.68 bits per heavy atom. The molecule has 0 fully saturated rings. The van der Waals surface area contributed by atoms with Crippen molar-refractivity contribution in [2.75, 3.05) is 0 Å². The van der Waals surface area contributed by atoms with Crippen LogP contribution in [-0.2, 0) is 17.4 Å². The molecule has 0 aliphatic heterocycles. The van der Waals surface area contributed by atoms with Crippen molar-refractivity contribution in [3.63, 3.8) is 0 Å². The standard InChI is InChI=1S/C7H5N2.C6H6.3ClH.V/c1-2-4-7-6(3-1)8-5-9-7;1-2-4-6-5-3-1;;;;/h1-4H,(H,8,9);1-6H;3*1H;/q;;;;;+3/p-3. The van der Waals surface area contributed by atoms with Crippen LogP contribution < -0.4 is 41.8 Å². The molecule has 0 saturated carbocycles. The third-order valence-electron chi connectivity index (χ3n) is 2.04. The molecule has 1 N–H and O–H groups in total. The zero-order valence-corrected chi connectivity index (χ0v) is 13.5. The number of aromatic nitrogens is 2. The summed E-state index contributed by atoms with van der Waals surface area (Å²) in [5, 5.41) is 0. The number of H-pyrrole nitrogens is 1. The second-order valence-electron chi connectivity index (χ2n) is 3.23. The number of aromatic amines is 1. The number of imidazole rings is 1. The maximum absolute atomic E-state index is 4.23. The van der Waals surface area contributed by atoms with Crippen LogP contribution in [0.4, 0.5) is 0 Å². The fourth-order valence-electron chi connectivity index (χ4n) is 1.32. The Balaban J connectivity index is 0. The van der Waals surface area contributed by atoms with Crippen LogP contribution >= 0.6 is 0 Å². The van der Waals surface area contributed by atoms with E-state index in [-0.39, 0.29) is 37.2 Å². The second-order valence-corrected chi connectivity index (χ2v) is 3.89. The molecule has 2 aromatic carbocycles. The second kappa shape index (κ2) is 11.2. The molecule has 1 aromatic heterocycles. The molecular formula is C13H11Cl3N2V. The Morgan fingerprint density at radius 1 is 0.737 bits per heavy atom. The number of rotatable bonds is 0. The summed E-state index contributed by atoms with van der Waals surface area (Å²) in [6.45, 7) is 0. The van der Waals surface area contributed by atoms with Gasteiger partial charge in [-0.3, -0.25) is 0 Å². The van der Waals surface area contributed by atoms with Crippen LogP contribution in [0, 0.1) is 0 Å². The number of fused-ring (bicyclic) bond motifs is 1. The SMILES string of the molecule is [Cl-].[Cl-].[Cl-].[V+3][c]1nc2ccccc2[nH]1.c1ccccc1. The minimum Gasteiger partial charge on any atom is -0.0623 e. The smallest absolute Gasteiger partial charge is 0.0623 e. The maximum Gasteiger partial charge on any atom is -0.0623 e. The van der Waals surface area contributed by atoms with Crippen molar-refractivity contribution in [2.24, 2.45) is 0 Å². The summed E-state index contributed by atoms with van der Waals surface area (Å²) >= 11 is 2.39. The van der Waals surface area contributed by atoms with Gasteiger partial charge in [-0.05, 0) is 0 Å². The van der Waals surface area contributed by atoms with Gasteiger partial charge in [0.05, 0.1) is 0 Å². The topological polar surface area (TPSA) is 28.7 Å². The summed E-state index contributed by atoms with van der Waals surface area (Å²) in [5.41, 5.74) is 2.12. The van der Waals surface area contributed by atoms with Gasteiger partial charge in [0, 0.05) is 0 Å². The Hall–Kier alpha value is -0.636. The minimum absolute atomic E-state index is 0. The van der Waals surface area contributed by atoms with Crippen LogP contribution in [0.2, 0.25) is 0 Å². The van der Waals surface area contributed by atoms with E-state index in [2.05, 4.69) is 27.4 Å². The van der Waals surface area contributed by atoms with Crippen molar-refractivity contribution in [1.29, 1.82) is 0 Å². The monoisotopic (exact) mass is 351 g/mol. The average molecular weight is 353 g/mol. The minimum atomic E-state index is 0. The molecule has 0 amide bonds. The molecule has 0 atom stereocenters. The van der Waals surface area contributed by atoms with Gasteiger partial charge in [0.25, 0.3) is 0 Å².